The molecule has 3 aromatic heterocycles. The lowest BCUT2D eigenvalue weighted by molar-refractivity contribution is 0.609. The molecule has 1 N–H and O–H groups in total. The Labute approximate surface area is 94.6 Å². The summed E-state index contributed by atoms with van der Waals surface area (Å²) in [6, 6.07) is 4.76. The second kappa shape index (κ2) is 3.51. The predicted molar refractivity (Wildman–Crippen MR) is 59.0 cm³/mol. The second-order valence-corrected chi connectivity index (χ2v) is 3.58. The smallest absolute Gasteiger partial charge is 0.283 e. The van der Waals surface area contributed by atoms with Crippen molar-refractivity contribution >= 4 is 5.65 Å². The first-order valence-corrected chi connectivity index (χ1v) is 4.92. The summed E-state index contributed by atoms with van der Waals surface area (Å²) < 4.78 is 14.9. The molecular weight excluding hydrogens is 223 g/mol. The fraction of sp³-hybridized carbons (Fsp3) is 0. The molecule has 3 aromatic rings. The number of nitrogens with one attached hydrogen (secondary N) is 1. The Kier molecular flexibility index (Phi) is 2.01. The first kappa shape index (κ1) is 9.71. The number of halogens is 1. The number of pyridine rings is 2. The summed E-state index contributed by atoms with van der Waals surface area (Å²) in [5.74, 6) is -0.800. The van der Waals surface area contributed by atoms with Crippen LogP contribution in [0.4, 0.5) is 4.39 Å². The van der Waals surface area contributed by atoms with Crippen molar-refractivity contribution in [2.24, 2.45) is 0 Å². The van der Waals surface area contributed by atoms with E-state index in [4.69, 9.17) is 0 Å². The Morgan fingerprint density at radius 1 is 1.29 bits per heavy atom. The molecule has 0 aliphatic rings. The third-order valence-electron chi connectivity index (χ3n) is 2.48. The molecule has 0 atom stereocenters. The van der Waals surface area contributed by atoms with Gasteiger partial charge in [0.25, 0.3) is 5.56 Å². The third-order valence-corrected chi connectivity index (χ3v) is 2.48. The standard InChI is InChI=1S/C11H7FN4O/c12-9-3-8(4-13-11(9)17)7-1-2-10-15-14-6-16(10)5-7/h1-6H,(H,13,17). The minimum Gasteiger partial charge on any atom is -0.326 e. The molecule has 0 fully saturated rings. The highest BCUT2D eigenvalue weighted by molar-refractivity contribution is 5.63. The molecule has 0 aromatic carbocycles. The van der Waals surface area contributed by atoms with Gasteiger partial charge in [-0.3, -0.25) is 9.20 Å². The number of aromatic nitrogens is 4. The molecule has 0 unspecified atom stereocenters. The van der Waals surface area contributed by atoms with Gasteiger partial charge in [-0.1, -0.05) is 0 Å². The third kappa shape index (κ3) is 1.59. The molecule has 0 amide bonds. The van der Waals surface area contributed by atoms with Crippen molar-refractivity contribution in [3.63, 3.8) is 0 Å². The first-order chi connectivity index (χ1) is 8.24. The molecule has 84 valence electrons. The normalized spacial score (nSPS) is 10.9. The van der Waals surface area contributed by atoms with Gasteiger partial charge in [-0.2, -0.15) is 0 Å². The van der Waals surface area contributed by atoms with Gasteiger partial charge in [-0.15, -0.1) is 10.2 Å². The van der Waals surface area contributed by atoms with Crippen LogP contribution in [-0.2, 0) is 0 Å². The monoisotopic (exact) mass is 230 g/mol. The van der Waals surface area contributed by atoms with E-state index in [9.17, 15) is 9.18 Å². The van der Waals surface area contributed by atoms with Gasteiger partial charge in [0.15, 0.2) is 11.5 Å². The van der Waals surface area contributed by atoms with E-state index in [0.717, 1.165) is 5.56 Å². The van der Waals surface area contributed by atoms with E-state index in [1.54, 1.807) is 29.1 Å². The molecule has 3 rings (SSSR count). The highest BCUT2D eigenvalue weighted by Crippen LogP contribution is 2.18. The number of H-pyrrole nitrogens is 1. The van der Waals surface area contributed by atoms with Crippen LogP contribution in [-0.4, -0.2) is 19.6 Å². The molecule has 3 heterocycles. The van der Waals surface area contributed by atoms with Crippen molar-refractivity contribution in [2.45, 2.75) is 0 Å². The summed E-state index contributed by atoms with van der Waals surface area (Å²) in [5, 5.41) is 7.62. The Morgan fingerprint density at radius 3 is 3.00 bits per heavy atom. The molecule has 0 saturated heterocycles. The van der Waals surface area contributed by atoms with Crippen molar-refractivity contribution in [1.82, 2.24) is 19.6 Å². The zero-order chi connectivity index (χ0) is 11.8. The van der Waals surface area contributed by atoms with Crippen molar-refractivity contribution < 1.29 is 4.39 Å². The van der Waals surface area contributed by atoms with Gasteiger partial charge in [0.05, 0.1) is 0 Å². The quantitative estimate of drug-likeness (QED) is 0.683. The number of hydrogen-bond donors (Lipinski definition) is 1. The highest BCUT2D eigenvalue weighted by Gasteiger charge is 2.04. The van der Waals surface area contributed by atoms with Gasteiger partial charge in [-0.05, 0) is 18.2 Å². The number of fused-ring (bicyclic) bond motifs is 1. The van der Waals surface area contributed by atoms with Crippen molar-refractivity contribution in [3.8, 4) is 11.1 Å². The zero-order valence-corrected chi connectivity index (χ0v) is 8.59. The van der Waals surface area contributed by atoms with Crippen LogP contribution in [0.5, 0.6) is 0 Å². The van der Waals surface area contributed by atoms with E-state index in [2.05, 4.69) is 15.2 Å². The number of rotatable bonds is 1. The molecule has 0 spiro atoms. The largest absolute Gasteiger partial charge is 0.326 e. The van der Waals surface area contributed by atoms with Crippen LogP contribution in [0.1, 0.15) is 0 Å². The molecule has 17 heavy (non-hydrogen) atoms. The molecule has 0 aliphatic carbocycles. The Balaban J connectivity index is 2.19. The minimum atomic E-state index is -0.800. The summed E-state index contributed by atoms with van der Waals surface area (Å²) in [5.41, 5.74) is 1.35. The maximum Gasteiger partial charge on any atom is 0.283 e. The van der Waals surface area contributed by atoms with Crippen LogP contribution in [0.15, 0.2) is 41.7 Å². The van der Waals surface area contributed by atoms with Gasteiger partial charge in [0.2, 0.25) is 0 Å². The topological polar surface area (TPSA) is 63.0 Å². The van der Waals surface area contributed by atoms with Gasteiger partial charge in [0.1, 0.15) is 6.33 Å². The van der Waals surface area contributed by atoms with Gasteiger partial charge in [0, 0.05) is 23.5 Å². The lowest BCUT2D eigenvalue weighted by Crippen LogP contribution is -2.09. The minimum absolute atomic E-state index is 0.595. The molecule has 0 aliphatic heterocycles. The molecule has 0 bridgehead atoms. The van der Waals surface area contributed by atoms with E-state index >= 15 is 0 Å². The van der Waals surface area contributed by atoms with Gasteiger partial charge in [-0.25, -0.2) is 4.39 Å². The summed E-state index contributed by atoms with van der Waals surface area (Å²) in [7, 11) is 0. The maximum atomic E-state index is 13.1. The predicted octanol–water partition coefficient (Wildman–Crippen LogP) is 1.22. The average molecular weight is 230 g/mol. The highest BCUT2D eigenvalue weighted by atomic mass is 19.1. The van der Waals surface area contributed by atoms with E-state index in [0.29, 0.717) is 11.2 Å². The van der Waals surface area contributed by atoms with Crippen molar-refractivity contribution in [1.29, 1.82) is 0 Å². The zero-order valence-electron chi connectivity index (χ0n) is 8.59. The fourth-order valence-corrected chi connectivity index (χ4v) is 1.62. The van der Waals surface area contributed by atoms with Gasteiger partial charge >= 0.3 is 0 Å². The van der Waals surface area contributed by atoms with Crippen LogP contribution < -0.4 is 5.56 Å². The molecular formula is C11H7FN4O. The fourth-order valence-electron chi connectivity index (χ4n) is 1.62. The average Bonchev–Trinajstić information content (AvgIpc) is 2.79. The first-order valence-electron chi connectivity index (χ1n) is 4.92. The van der Waals surface area contributed by atoms with Gasteiger partial charge < -0.3 is 4.98 Å². The summed E-state index contributed by atoms with van der Waals surface area (Å²) in [6.07, 6.45) is 4.79. The van der Waals surface area contributed by atoms with Crippen molar-refractivity contribution in [2.75, 3.05) is 0 Å². The molecule has 0 saturated carbocycles. The molecule has 0 radical (unpaired) electrons. The van der Waals surface area contributed by atoms with E-state index in [1.807, 2.05) is 0 Å². The van der Waals surface area contributed by atoms with E-state index < -0.39 is 11.4 Å². The maximum absolute atomic E-state index is 13.1. The number of aromatic amines is 1. The Hall–Kier alpha value is -2.50. The van der Waals surface area contributed by atoms with E-state index in [-0.39, 0.29) is 0 Å². The van der Waals surface area contributed by atoms with Crippen LogP contribution in [0, 0.1) is 5.82 Å². The van der Waals surface area contributed by atoms with E-state index in [1.165, 1.54) is 12.3 Å². The Morgan fingerprint density at radius 2 is 2.18 bits per heavy atom. The molecule has 5 nitrogen and oxygen atoms in total. The number of nitrogens with zero attached hydrogens (tertiary/aromatic N) is 3. The lowest BCUT2D eigenvalue weighted by atomic mass is 10.1. The van der Waals surface area contributed by atoms with Crippen LogP contribution in [0.3, 0.4) is 0 Å². The van der Waals surface area contributed by atoms with Crippen molar-refractivity contribution in [3.05, 3.63) is 53.1 Å². The van der Waals surface area contributed by atoms with Crippen LogP contribution in [0.2, 0.25) is 0 Å². The van der Waals surface area contributed by atoms with Crippen LogP contribution >= 0.6 is 0 Å². The Bertz CT molecular complexity index is 746. The molecule has 6 heteroatoms. The van der Waals surface area contributed by atoms with Crippen LogP contribution in [0.25, 0.3) is 16.8 Å². The summed E-state index contributed by atoms with van der Waals surface area (Å²) >= 11 is 0. The SMILES string of the molecule is O=c1[nH]cc(-c2ccc3nncn3c2)cc1F. The summed E-state index contributed by atoms with van der Waals surface area (Å²) in [6.45, 7) is 0. The second-order valence-electron chi connectivity index (χ2n) is 3.58. The number of hydrogen-bond acceptors (Lipinski definition) is 3. The lowest BCUT2D eigenvalue weighted by Gasteiger charge is -2.01. The summed E-state index contributed by atoms with van der Waals surface area (Å²) in [4.78, 5) is 13.3.